The maximum atomic E-state index is 13.6. The first kappa shape index (κ1) is 14.2. The zero-order valence-electron chi connectivity index (χ0n) is 10.3. The van der Waals surface area contributed by atoms with Crippen LogP contribution in [0.25, 0.3) is 0 Å². The summed E-state index contributed by atoms with van der Waals surface area (Å²) in [6.07, 6.45) is 2.73. The fourth-order valence-electron chi connectivity index (χ4n) is 2.45. The van der Waals surface area contributed by atoms with Gasteiger partial charge in [-0.05, 0) is 37.4 Å². The van der Waals surface area contributed by atoms with E-state index >= 15 is 0 Å². The van der Waals surface area contributed by atoms with Crippen molar-refractivity contribution in [1.29, 1.82) is 0 Å². The van der Waals surface area contributed by atoms with E-state index in [0.29, 0.717) is 6.54 Å². The highest BCUT2D eigenvalue weighted by molar-refractivity contribution is 6.30. The first-order chi connectivity index (χ1) is 9.02. The molecule has 0 aliphatic heterocycles. The Hall–Kier alpha value is -1.20. The highest BCUT2D eigenvalue weighted by atomic mass is 35.5. The Morgan fingerprint density at radius 3 is 2.79 bits per heavy atom. The van der Waals surface area contributed by atoms with Crippen molar-refractivity contribution < 1.29 is 13.6 Å². The molecule has 0 aromatic heterocycles. The van der Waals surface area contributed by atoms with Gasteiger partial charge >= 0.3 is 0 Å². The van der Waals surface area contributed by atoms with Gasteiger partial charge in [-0.2, -0.15) is 0 Å². The molecule has 0 saturated heterocycles. The SMILES string of the molecule is NCC1CCCC1NC(=O)c1cc(F)c(Cl)cc1F. The summed E-state index contributed by atoms with van der Waals surface area (Å²) in [7, 11) is 0. The standard InChI is InChI=1S/C13H15ClF2N2O/c14-9-5-10(15)8(4-11(9)16)13(19)18-12-3-1-2-7(12)6-17/h4-5,7,12H,1-3,6,17H2,(H,18,19). The van der Waals surface area contributed by atoms with E-state index in [0.717, 1.165) is 31.4 Å². The predicted octanol–water partition coefficient (Wildman–Crippen LogP) is 2.48. The average molecular weight is 289 g/mol. The Kier molecular flexibility index (Phi) is 4.37. The summed E-state index contributed by atoms with van der Waals surface area (Å²) in [5, 5.41) is 2.38. The number of nitrogens with two attached hydrogens (primary N) is 1. The number of hydrogen-bond donors (Lipinski definition) is 2. The molecular weight excluding hydrogens is 274 g/mol. The van der Waals surface area contributed by atoms with Crippen LogP contribution in [0.4, 0.5) is 8.78 Å². The largest absolute Gasteiger partial charge is 0.349 e. The quantitative estimate of drug-likeness (QED) is 0.840. The molecule has 6 heteroatoms. The highest BCUT2D eigenvalue weighted by Crippen LogP contribution is 2.25. The molecule has 1 aromatic rings. The summed E-state index contributed by atoms with van der Waals surface area (Å²) in [6.45, 7) is 0.475. The number of halogens is 3. The first-order valence-electron chi connectivity index (χ1n) is 6.18. The van der Waals surface area contributed by atoms with Crippen molar-refractivity contribution in [1.82, 2.24) is 5.32 Å². The van der Waals surface area contributed by atoms with E-state index < -0.39 is 17.5 Å². The monoisotopic (exact) mass is 288 g/mol. The molecule has 3 nitrogen and oxygen atoms in total. The molecule has 19 heavy (non-hydrogen) atoms. The Bertz CT molecular complexity index is 496. The lowest BCUT2D eigenvalue weighted by Crippen LogP contribution is -2.40. The van der Waals surface area contributed by atoms with Gasteiger partial charge in [0, 0.05) is 6.04 Å². The lowest BCUT2D eigenvalue weighted by molar-refractivity contribution is 0.0924. The molecule has 1 fully saturated rings. The van der Waals surface area contributed by atoms with Crippen LogP contribution >= 0.6 is 11.6 Å². The lowest BCUT2D eigenvalue weighted by atomic mass is 10.0. The number of benzene rings is 1. The Morgan fingerprint density at radius 2 is 2.11 bits per heavy atom. The summed E-state index contributed by atoms with van der Waals surface area (Å²) in [5.74, 6) is -2.07. The van der Waals surface area contributed by atoms with Gasteiger partial charge in [0.25, 0.3) is 5.91 Å². The molecular formula is C13H15ClF2N2O. The van der Waals surface area contributed by atoms with Crippen LogP contribution in [0.5, 0.6) is 0 Å². The van der Waals surface area contributed by atoms with Crippen molar-refractivity contribution >= 4 is 17.5 Å². The normalized spacial score (nSPS) is 22.5. The van der Waals surface area contributed by atoms with Crippen molar-refractivity contribution in [3.05, 3.63) is 34.4 Å². The summed E-state index contributed by atoms with van der Waals surface area (Å²) >= 11 is 5.44. The van der Waals surface area contributed by atoms with Crippen LogP contribution in [-0.4, -0.2) is 18.5 Å². The van der Waals surface area contributed by atoms with Crippen LogP contribution in [0, 0.1) is 17.6 Å². The maximum Gasteiger partial charge on any atom is 0.254 e. The predicted molar refractivity (Wildman–Crippen MR) is 69.0 cm³/mol. The van der Waals surface area contributed by atoms with Crippen LogP contribution < -0.4 is 11.1 Å². The molecule has 3 N–H and O–H groups in total. The third-order valence-electron chi connectivity index (χ3n) is 3.53. The molecule has 0 bridgehead atoms. The molecule has 2 rings (SSSR count). The molecule has 1 aliphatic rings. The second kappa shape index (κ2) is 5.84. The fourth-order valence-corrected chi connectivity index (χ4v) is 2.60. The number of rotatable bonds is 3. The maximum absolute atomic E-state index is 13.6. The summed E-state index contributed by atoms with van der Waals surface area (Å²) in [6, 6.07) is 1.55. The lowest BCUT2D eigenvalue weighted by Gasteiger charge is -2.19. The second-order valence-corrected chi connectivity index (χ2v) is 5.16. The van der Waals surface area contributed by atoms with Crippen LogP contribution in [0.3, 0.4) is 0 Å². The third kappa shape index (κ3) is 3.04. The molecule has 104 valence electrons. The molecule has 1 saturated carbocycles. The first-order valence-corrected chi connectivity index (χ1v) is 6.56. The number of hydrogen-bond acceptors (Lipinski definition) is 2. The van der Waals surface area contributed by atoms with E-state index in [2.05, 4.69) is 5.32 Å². The van der Waals surface area contributed by atoms with Gasteiger partial charge in [0.2, 0.25) is 0 Å². The van der Waals surface area contributed by atoms with E-state index in [1.54, 1.807) is 0 Å². The van der Waals surface area contributed by atoms with E-state index in [4.69, 9.17) is 17.3 Å². The van der Waals surface area contributed by atoms with E-state index in [9.17, 15) is 13.6 Å². The van der Waals surface area contributed by atoms with Crippen LogP contribution in [-0.2, 0) is 0 Å². The van der Waals surface area contributed by atoms with E-state index in [1.807, 2.05) is 0 Å². The smallest absolute Gasteiger partial charge is 0.254 e. The molecule has 1 aromatic carbocycles. The van der Waals surface area contributed by atoms with Gasteiger partial charge in [0.05, 0.1) is 10.6 Å². The zero-order chi connectivity index (χ0) is 14.0. The molecule has 2 atom stereocenters. The third-order valence-corrected chi connectivity index (χ3v) is 3.82. The van der Waals surface area contributed by atoms with Gasteiger partial charge in [0.15, 0.2) is 0 Å². The second-order valence-electron chi connectivity index (χ2n) is 4.75. The Morgan fingerprint density at radius 1 is 1.37 bits per heavy atom. The van der Waals surface area contributed by atoms with Gasteiger partial charge in [-0.25, -0.2) is 8.78 Å². The van der Waals surface area contributed by atoms with Crippen molar-refractivity contribution in [2.45, 2.75) is 25.3 Å². The minimum Gasteiger partial charge on any atom is -0.349 e. The summed E-state index contributed by atoms with van der Waals surface area (Å²) in [4.78, 5) is 11.9. The van der Waals surface area contributed by atoms with Gasteiger partial charge in [-0.3, -0.25) is 4.79 Å². The number of amides is 1. The van der Waals surface area contributed by atoms with Gasteiger partial charge in [-0.1, -0.05) is 18.0 Å². The molecule has 1 amide bonds. The average Bonchev–Trinajstić information content (AvgIpc) is 2.80. The fraction of sp³-hybridized carbons (Fsp3) is 0.462. The summed E-state index contributed by atoms with van der Waals surface area (Å²) < 4.78 is 26.9. The molecule has 1 aliphatic carbocycles. The Balaban J connectivity index is 2.14. The van der Waals surface area contributed by atoms with Crippen LogP contribution in [0.1, 0.15) is 29.6 Å². The van der Waals surface area contributed by atoms with Crippen molar-refractivity contribution in [3.8, 4) is 0 Å². The molecule has 0 heterocycles. The van der Waals surface area contributed by atoms with Crippen molar-refractivity contribution in [2.75, 3.05) is 6.54 Å². The minimum atomic E-state index is -0.828. The van der Waals surface area contributed by atoms with Gasteiger partial charge in [0.1, 0.15) is 11.6 Å². The minimum absolute atomic E-state index is 0.0735. The van der Waals surface area contributed by atoms with Crippen molar-refractivity contribution in [3.63, 3.8) is 0 Å². The highest BCUT2D eigenvalue weighted by Gasteiger charge is 2.28. The van der Waals surface area contributed by atoms with Crippen LogP contribution in [0.2, 0.25) is 5.02 Å². The van der Waals surface area contributed by atoms with Gasteiger partial charge < -0.3 is 11.1 Å². The molecule has 0 radical (unpaired) electrons. The molecule has 0 spiro atoms. The van der Waals surface area contributed by atoms with Crippen molar-refractivity contribution in [2.24, 2.45) is 11.7 Å². The van der Waals surface area contributed by atoms with Crippen LogP contribution in [0.15, 0.2) is 12.1 Å². The summed E-state index contributed by atoms with van der Waals surface area (Å²) in [5.41, 5.74) is 5.28. The van der Waals surface area contributed by atoms with E-state index in [1.165, 1.54) is 0 Å². The van der Waals surface area contributed by atoms with Gasteiger partial charge in [-0.15, -0.1) is 0 Å². The Labute approximate surface area is 115 Å². The number of carbonyl (C=O) groups excluding carboxylic acids is 1. The topological polar surface area (TPSA) is 55.1 Å². The molecule has 2 unspecified atom stereocenters. The zero-order valence-corrected chi connectivity index (χ0v) is 11.0. The van der Waals surface area contributed by atoms with E-state index in [-0.39, 0.29) is 22.5 Å². The number of nitrogens with one attached hydrogen (secondary N) is 1. The number of carbonyl (C=O) groups is 1.